The average Bonchev–Trinajstić information content (AvgIpc) is 2.69. The number of hydrogen-bond donors (Lipinski definition) is 2. The Morgan fingerprint density at radius 3 is 2.64 bits per heavy atom. The van der Waals surface area contributed by atoms with E-state index in [1.807, 2.05) is 0 Å². The van der Waals surface area contributed by atoms with E-state index in [2.05, 4.69) is 77.1 Å². The highest BCUT2D eigenvalue weighted by Gasteiger charge is 2.09. The fourth-order valence-electron chi connectivity index (χ4n) is 2.89. The Morgan fingerprint density at radius 1 is 1.07 bits per heavy atom. The van der Waals surface area contributed by atoms with Gasteiger partial charge in [0.05, 0.1) is 0 Å². The standard InChI is InChI=1S/C23H28NO3P/c1-20-18-22(19-24-16-9-17-27-28(25)26)14-15-23(20)13-8-3-2-5-10-21-11-6-4-7-12-21/h4,6-7,11-12,14-15,18,24H,2-3,5,9-10,16-17,19H2,1H3/p+1. The molecule has 2 aromatic carbocycles. The van der Waals surface area contributed by atoms with Crippen molar-refractivity contribution in [2.24, 2.45) is 0 Å². The number of hydrogen-bond acceptors (Lipinski definition) is 3. The van der Waals surface area contributed by atoms with Gasteiger partial charge in [0.25, 0.3) is 0 Å². The van der Waals surface area contributed by atoms with Gasteiger partial charge in [0.15, 0.2) is 0 Å². The van der Waals surface area contributed by atoms with Crippen LogP contribution in [0.2, 0.25) is 0 Å². The third kappa shape index (κ3) is 9.26. The SMILES string of the molecule is Cc1cc(CNCCCO[P+](=O)O)ccc1C#CCCCCc1ccccc1. The third-order valence-electron chi connectivity index (χ3n) is 4.40. The van der Waals surface area contributed by atoms with Gasteiger partial charge in [-0.2, -0.15) is 0 Å². The molecule has 148 valence electrons. The molecule has 0 aliphatic carbocycles. The second-order valence-electron chi connectivity index (χ2n) is 6.75. The molecular weight excluding hydrogens is 369 g/mol. The molecule has 1 atom stereocenters. The predicted molar refractivity (Wildman–Crippen MR) is 114 cm³/mol. The molecule has 0 aliphatic heterocycles. The van der Waals surface area contributed by atoms with Crippen LogP contribution >= 0.6 is 8.25 Å². The van der Waals surface area contributed by atoms with Gasteiger partial charge in [-0.15, -0.1) is 9.42 Å². The monoisotopic (exact) mass is 398 g/mol. The van der Waals surface area contributed by atoms with E-state index < -0.39 is 8.25 Å². The van der Waals surface area contributed by atoms with Crippen LogP contribution in [0.25, 0.3) is 0 Å². The minimum absolute atomic E-state index is 0.289. The first-order valence-corrected chi connectivity index (χ1v) is 10.9. The Hall–Kier alpha value is -2.02. The average molecular weight is 398 g/mol. The van der Waals surface area contributed by atoms with E-state index >= 15 is 0 Å². The van der Waals surface area contributed by atoms with Crippen LogP contribution in [0.1, 0.15) is 47.9 Å². The predicted octanol–water partition coefficient (Wildman–Crippen LogP) is 4.91. The lowest BCUT2D eigenvalue weighted by molar-refractivity contribution is 0.276. The Kier molecular flexibility index (Phi) is 10.5. The van der Waals surface area contributed by atoms with Crippen molar-refractivity contribution in [2.75, 3.05) is 13.2 Å². The molecule has 0 aromatic heterocycles. The quantitative estimate of drug-likeness (QED) is 0.321. The Balaban J connectivity index is 1.66. The summed E-state index contributed by atoms with van der Waals surface area (Å²) < 4.78 is 15.0. The van der Waals surface area contributed by atoms with Gasteiger partial charge in [0, 0.05) is 23.1 Å². The first-order chi connectivity index (χ1) is 13.6. The largest absolute Gasteiger partial charge is 0.694 e. The molecule has 28 heavy (non-hydrogen) atoms. The van der Waals surface area contributed by atoms with Gasteiger partial charge in [-0.05, 0) is 61.9 Å². The van der Waals surface area contributed by atoms with Crippen molar-refractivity contribution in [3.05, 3.63) is 70.8 Å². The van der Waals surface area contributed by atoms with E-state index in [9.17, 15) is 4.57 Å². The van der Waals surface area contributed by atoms with E-state index in [1.165, 1.54) is 23.1 Å². The number of benzene rings is 2. The second-order valence-corrected chi connectivity index (χ2v) is 7.48. The van der Waals surface area contributed by atoms with Crippen molar-refractivity contribution in [3.63, 3.8) is 0 Å². The number of unbranched alkanes of at least 4 members (excludes halogenated alkanes) is 2. The van der Waals surface area contributed by atoms with Gasteiger partial charge in [-0.1, -0.05) is 54.3 Å². The maximum Gasteiger partial charge on any atom is 0.694 e. The normalized spacial score (nSPS) is 11.0. The summed E-state index contributed by atoms with van der Waals surface area (Å²) in [7, 11) is -2.48. The van der Waals surface area contributed by atoms with Crippen LogP contribution in [-0.2, 0) is 22.1 Å². The fourth-order valence-corrected chi connectivity index (χ4v) is 3.18. The lowest BCUT2D eigenvalue weighted by atomic mass is 10.0. The van der Waals surface area contributed by atoms with Gasteiger partial charge < -0.3 is 5.32 Å². The molecule has 0 radical (unpaired) electrons. The first-order valence-electron chi connectivity index (χ1n) is 9.77. The summed E-state index contributed by atoms with van der Waals surface area (Å²) in [6.45, 7) is 3.89. The molecule has 2 N–H and O–H groups in total. The van der Waals surface area contributed by atoms with Crippen molar-refractivity contribution < 1.29 is 14.0 Å². The van der Waals surface area contributed by atoms with Crippen molar-refractivity contribution in [2.45, 2.75) is 45.6 Å². The maximum absolute atomic E-state index is 10.4. The molecule has 0 fully saturated rings. The first kappa shape index (κ1) is 22.3. The highest BCUT2D eigenvalue weighted by atomic mass is 31.1. The van der Waals surface area contributed by atoms with Crippen LogP contribution < -0.4 is 5.32 Å². The van der Waals surface area contributed by atoms with Crippen molar-refractivity contribution in [1.29, 1.82) is 0 Å². The lowest BCUT2D eigenvalue weighted by Gasteiger charge is -2.06. The van der Waals surface area contributed by atoms with Crippen LogP contribution in [0.15, 0.2) is 48.5 Å². The molecule has 0 aliphatic rings. The van der Waals surface area contributed by atoms with Crippen LogP contribution in [0, 0.1) is 18.8 Å². The van der Waals surface area contributed by atoms with Gasteiger partial charge >= 0.3 is 8.25 Å². The molecule has 5 heteroatoms. The summed E-state index contributed by atoms with van der Waals surface area (Å²) >= 11 is 0. The molecule has 0 bridgehead atoms. The minimum atomic E-state index is -2.48. The molecule has 2 rings (SSSR count). The minimum Gasteiger partial charge on any atom is -0.313 e. The summed E-state index contributed by atoms with van der Waals surface area (Å²) in [5, 5.41) is 3.31. The molecule has 1 unspecified atom stereocenters. The zero-order valence-electron chi connectivity index (χ0n) is 16.5. The fraction of sp³-hybridized carbons (Fsp3) is 0.391. The van der Waals surface area contributed by atoms with Crippen molar-refractivity contribution in [1.82, 2.24) is 5.32 Å². The maximum atomic E-state index is 10.4. The zero-order valence-corrected chi connectivity index (χ0v) is 17.4. The Labute approximate surface area is 169 Å². The van der Waals surface area contributed by atoms with Gasteiger partial charge in [-0.3, -0.25) is 0 Å². The summed E-state index contributed by atoms with van der Waals surface area (Å²) in [5.74, 6) is 6.59. The number of aryl methyl sites for hydroxylation is 2. The Bertz CT molecular complexity index is 796. The lowest BCUT2D eigenvalue weighted by Crippen LogP contribution is -2.16. The topological polar surface area (TPSA) is 58.6 Å². The highest BCUT2D eigenvalue weighted by molar-refractivity contribution is 7.32. The van der Waals surface area contributed by atoms with Crippen LogP contribution in [0.3, 0.4) is 0 Å². The van der Waals surface area contributed by atoms with Gasteiger partial charge in [-0.25, -0.2) is 0 Å². The Morgan fingerprint density at radius 2 is 1.89 bits per heavy atom. The van der Waals surface area contributed by atoms with Gasteiger partial charge in [0.1, 0.15) is 6.61 Å². The highest BCUT2D eigenvalue weighted by Crippen LogP contribution is 2.14. The van der Waals surface area contributed by atoms with Crippen molar-refractivity contribution >= 4 is 8.25 Å². The van der Waals surface area contributed by atoms with E-state index in [-0.39, 0.29) is 6.61 Å². The molecule has 4 nitrogen and oxygen atoms in total. The smallest absolute Gasteiger partial charge is 0.313 e. The van der Waals surface area contributed by atoms with E-state index in [4.69, 9.17) is 4.89 Å². The summed E-state index contributed by atoms with van der Waals surface area (Å²) in [5.41, 5.74) is 4.88. The molecule has 0 saturated carbocycles. The number of rotatable bonds is 11. The van der Waals surface area contributed by atoms with Crippen LogP contribution in [0.5, 0.6) is 0 Å². The van der Waals surface area contributed by atoms with Gasteiger partial charge in [0.2, 0.25) is 0 Å². The molecule has 0 amide bonds. The molecule has 0 saturated heterocycles. The molecule has 0 heterocycles. The zero-order chi connectivity index (χ0) is 20.0. The van der Waals surface area contributed by atoms with Crippen LogP contribution in [-0.4, -0.2) is 18.0 Å². The van der Waals surface area contributed by atoms with E-state index in [1.54, 1.807) is 0 Å². The molecule has 0 spiro atoms. The molecular formula is C23H29NO3P+. The summed E-state index contributed by atoms with van der Waals surface area (Å²) in [4.78, 5) is 8.55. The summed E-state index contributed by atoms with van der Waals surface area (Å²) in [6, 6.07) is 16.9. The van der Waals surface area contributed by atoms with Crippen LogP contribution in [0.4, 0.5) is 0 Å². The molecule has 2 aromatic rings. The summed E-state index contributed by atoms with van der Waals surface area (Å²) in [6.07, 6.45) is 5.04. The van der Waals surface area contributed by atoms with Crippen molar-refractivity contribution in [3.8, 4) is 11.8 Å². The third-order valence-corrected chi connectivity index (χ3v) is 4.81. The van der Waals surface area contributed by atoms with E-state index in [0.29, 0.717) is 6.42 Å². The number of nitrogens with one attached hydrogen (secondary N) is 1. The second kappa shape index (κ2) is 13.2. The van der Waals surface area contributed by atoms with E-state index in [0.717, 1.165) is 37.9 Å².